The Labute approximate surface area is 123 Å². The molecule has 104 valence electrons. The average Bonchev–Trinajstić information content (AvgIpc) is 3.04. The first-order valence-corrected chi connectivity index (χ1v) is 7.53. The zero-order chi connectivity index (χ0) is 14.1. The van der Waals surface area contributed by atoms with Crippen molar-refractivity contribution < 1.29 is 8.78 Å². The van der Waals surface area contributed by atoms with Crippen molar-refractivity contribution in [3.05, 3.63) is 52.0 Å². The summed E-state index contributed by atoms with van der Waals surface area (Å²) in [5, 5.41) is 1.95. The van der Waals surface area contributed by atoms with E-state index in [4.69, 9.17) is 11.6 Å². The van der Waals surface area contributed by atoms with Crippen molar-refractivity contribution >= 4 is 34.0 Å². The molecule has 3 rings (SSSR count). The number of hydrogen-bond donors (Lipinski definition) is 0. The molecule has 0 saturated heterocycles. The molecule has 0 aliphatic heterocycles. The van der Waals surface area contributed by atoms with E-state index >= 15 is 0 Å². The van der Waals surface area contributed by atoms with E-state index in [2.05, 4.69) is 4.98 Å². The van der Waals surface area contributed by atoms with Crippen LogP contribution in [0.2, 0.25) is 0 Å². The van der Waals surface area contributed by atoms with Gasteiger partial charge in [0.2, 0.25) is 0 Å². The van der Waals surface area contributed by atoms with Crippen LogP contribution in [-0.4, -0.2) is 15.4 Å². The van der Waals surface area contributed by atoms with Crippen molar-refractivity contribution in [3.63, 3.8) is 0 Å². The summed E-state index contributed by atoms with van der Waals surface area (Å²) < 4.78 is 29.2. The number of aromatic nitrogens is 2. The van der Waals surface area contributed by atoms with Crippen LogP contribution < -0.4 is 0 Å². The Morgan fingerprint density at radius 1 is 1.25 bits per heavy atom. The van der Waals surface area contributed by atoms with Crippen LogP contribution in [0.25, 0.3) is 11.0 Å². The summed E-state index contributed by atoms with van der Waals surface area (Å²) in [4.78, 5) is 5.42. The molecule has 0 radical (unpaired) electrons. The van der Waals surface area contributed by atoms with Gasteiger partial charge in [-0.1, -0.05) is 6.07 Å². The number of aryl methyl sites for hydroxylation is 1. The van der Waals surface area contributed by atoms with E-state index in [1.807, 2.05) is 17.5 Å². The van der Waals surface area contributed by atoms with E-state index in [1.165, 1.54) is 6.07 Å². The second-order valence-electron chi connectivity index (χ2n) is 4.36. The summed E-state index contributed by atoms with van der Waals surface area (Å²) in [6, 6.07) is 6.48. The number of benzene rings is 1. The molecule has 2 nitrogen and oxygen atoms in total. The first-order chi connectivity index (χ1) is 9.70. The van der Waals surface area contributed by atoms with Crippen LogP contribution in [0.15, 0.2) is 29.6 Å². The van der Waals surface area contributed by atoms with Gasteiger partial charge in [0.25, 0.3) is 0 Å². The third kappa shape index (κ3) is 2.31. The minimum absolute atomic E-state index is 0.207. The van der Waals surface area contributed by atoms with Crippen molar-refractivity contribution in [1.29, 1.82) is 0 Å². The Kier molecular flexibility index (Phi) is 3.72. The molecule has 0 fully saturated rings. The molecule has 0 bridgehead atoms. The maximum atomic E-state index is 14.1. The topological polar surface area (TPSA) is 17.8 Å². The Bertz CT molecular complexity index is 737. The number of rotatable bonds is 4. The van der Waals surface area contributed by atoms with Gasteiger partial charge in [-0.3, -0.25) is 0 Å². The van der Waals surface area contributed by atoms with Crippen molar-refractivity contribution in [2.75, 3.05) is 5.88 Å². The fourth-order valence-electron chi connectivity index (χ4n) is 2.21. The smallest absolute Gasteiger partial charge is 0.184 e. The number of imidazole rings is 1. The highest BCUT2D eigenvalue weighted by molar-refractivity contribution is 7.09. The van der Waals surface area contributed by atoms with Crippen LogP contribution in [0.3, 0.4) is 0 Å². The van der Waals surface area contributed by atoms with Crippen molar-refractivity contribution in [2.45, 2.75) is 13.0 Å². The Morgan fingerprint density at radius 3 is 2.80 bits per heavy atom. The fraction of sp³-hybridized carbons (Fsp3) is 0.214. The average molecular weight is 313 g/mol. The molecular weight excluding hydrogens is 302 g/mol. The van der Waals surface area contributed by atoms with E-state index in [9.17, 15) is 8.78 Å². The lowest BCUT2D eigenvalue weighted by atomic mass is 10.3. The maximum Gasteiger partial charge on any atom is 0.184 e. The molecule has 1 aromatic carbocycles. The van der Waals surface area contributed by atoms with Crippen LogP contribution in [0.5, 0.6) is 0 Å². The fourth-order valence-corrected chi connectivity index (χ4v) is 3.07. The third-order valence-electron chi connectivity index (χ3n) is 3.09. The van der Waals surface area contributed by atoms with Gasteiger partial charge < -0.3 is 4.57 Å². The van der Waals surface area contributed by atoms with Crippen LogP contribution in [0, 0.1) is 11.6 Å². The number of thiophene rings is 1. The summed E-state index contributed by atoms with van der Waals surface area (Å²) in [6.45, 7) is 0.473. The Morgan fingerprint density at radius 2 is 2.10 bits per heavy atom. The van der Waals surface area contributed by atoms with Crippen LogP contribution in [0.4, 0.5) is 8.78 Å². The minimum Gasteiger partial charge on any atom is -0.320 e. The van der Waals surface area contributed by atoms with Crippen molar-refractivity contribution in [2.24, 2.45) is 0 Å². The molecule has 0 atom stereocenters. The molecule has 6 heteroatoms. The number of nitrogens with zero attached hydrogens (tertiary/aromatic N) is 2. The van der Waals surface area contributed by atoms with Crippen molar-refractivity contribution in [1.82, 2.24) is 9.55 Å². The molecule has 0 amide bonds. The molecule has 0 unspecified atom stereocenters. The lowest BCUT2D eigenvalue weighted by Gasteiger charge is -2.07. The van der Waals surface area contributed by atoms with E-state index in [1.54, 1.807) is 15.9 Å². The van der Waals surface area contributed by atoms with Gasteiger partial charge in [-0.15, -0.1) is 22.9 Å². The molecule has 2 aromatic heterocycles. The van der Waals surface area contributed by atoms with Gasteiger partial charge in [-0.2, -0.15) is 0 Å². The monoisotopic (exact) mass is 312 g/mol. The largest absolute Gasteiger partial charge is 0.320 e. The number of halogens is 3. The summed E-state index contributed by atoms with van der Waals surface area (Å²) >= 11 is 7.34. The minimum atomic E-state index is -0.859. The van der Waals surface area contributed by atoms with Crippen LogP contribution in [-0.2, 0) is 13.0 Å². The highest BCUT2D eigenvalue weighted by Crippen LogP contribution is 2.24. The SMILES string of the molecule is Fc1ccc2nc(CCCl)n(Cc3cccs3)c2c1F. The predicted octanol–water partition coefficient (Wildman–Crippen LogP) is 4.21. The standard InChI is InChI=1S/C14H11ClF2N2S/c15-6-5-12-18-11-4-3-10(16)13(17)14(11)19(12)8-9-2-1-7-20-9/h1-4,7H,5-6,8H2. The molecule has 2 heterocycles. The third-order valence-corrected chi connectivity index (χ3v) is 4.14. The molecule has 0 aliphatic carbocycles. The highest BCUT2D eigenvalue weighted by Gasteiger charge is 2.17. The zero-order valence-corrected chi connectivity index (χ0v) is 12.0. The van der Waals surface area contributed by atoms with Gasteiger partial charge in [0.05, 0.1) is 12.1 Å². The van der Waals surface area contributed by atoms with E-state index in [-0.39, 0.29) is 5.52 Å². The lowest BCUT2D eigenvalue weighted by Crippen LogP contribution is -2.06. The number of alkyl halides is 1. The molecule has 3 aromatic rings. The molecule has 0 saturated carbocycles. The van der Waals surface area contributed by atoms with Gasteiger partial charge in [0.15, 0.2) is 11.6 Å². The van der Waals surface area contributed by atoms with Crippen LogP contribution >= 0.6 is 22.9 Å². The van der Waals surface area contributed by atoms with Gasteiger partial charge in [0, 0.05) is 17.2 Å². The quantitative estimate of drug-likeness (QED) is 0.660. The van der Waals surface area contributed by atoms with Crippen LogP contribution in [0.1, 0.15) is 10.7 Å². The molecule has 20 heavy (non-hydrogen) atoms. The summed E-state index contributed by atoms with van der Waals surface area (Å²) in [5.41, 5.74) is 0.666. The molecular formula is C14H11ClF2N2S. The van der Waals surface area contributed by atoms with Gasteiger partial charge in [-0.25, -0.2) is 13.8 Å². The second-order valence-corrected chi connectivity index (χ2v) is 5.77. The van der Waals surface area contributed by atoms with E-state index in [0.29, 0.717) is 30.2 Å². The summed E-state index contributed by atoms with van der Waals surface area (Å²) in [7, 11) is 0. The maximum absolute atomic E-state index is 14.1. The second kappa shape index (κ2) is 5.50. The van der Waals surface area contributed by atoms with Gasteiger partial charge in [-0.05, 0) is 23.6 Å². The van der Waals surface area contributed by atoms with Gasteiger partial charge in [0.1, 0.15) is 11.3 Å². The highest BCUT2D eigenvalue weighted by atomic mass is 35.5. The number of fused-ring (bicyclic) bond motifs is 1. The normalized spacial score (nSPS) is 11.3. The summed E-state index contributed by atoms with van der Waals surface area (Å²) in [6.07, 6.45) is 0.517. The first kappa shape index (κ1) is 13.5. The van der Waals surface area contributed by atoms with Gasteiger partial charge >= 0.3 is 0 Å². The number of hydrogen-bond acceptors (Lipinski definition) is 2. The van der Waals surface area contributed by atoms with Crippen molar-refractivity contribution in [3.8, 4) is 0 Å². The zero-order valence-electron chi connectivity index (χ0n) is 10.4. The van der Waals surface area contributed by atoms with E-state index in [0.717, 1.165) is 10.9 Å². The summed E-state index contributed by atoms with van der Waals surface area (Å²) in [5.74, 6) is -0.653. The predicted molar refractivity (Wildman–Crippen MR) is 77.5 cm³/mol. The molecule has 0 aliphatic rings. The Hall–Kier alpha value is -1.46. The Balaban J connectivity index is 2.19. The molecule has 0 spiro atoms. The lowest BCUT2D eigenvalue weighted by molar-refractivity contribution is 0.512. The van der Waals surface area contributed by atoms with E-state index < -0.39 is 11.6 Å². The molecule has 0 N–H and O–H groups in total. The first-order valence-electron chi connectivity index (χ1n) is 6.12.